The van der Waals surface area contributed by atoms with E-state index in [1.807, 2.05) is 43.3 Å². The molecular formula is C25H30N2O2. The predicted molar refractivity (Wildman–Crippen MR) is 120 cm³/mol. The van der Waals surface area contributed by atoms with E-state index in [1.165, 1.54) is 45.2 Å². The molecule has 1 N–H and O–H groups in total. The molecule has 0 amide bonds. The first-order valence-electron chi connectivity index (χ1n) is 11.2. The molecule has 0 radical (unpaired) electrons. The van der Waals surface area contributed by atoms with Crippen LogP contribution < -0.4 is 10.7 Å². The Morgan fingerprint density at radius 2 is 1.93 bits per heavy atom. The highest BCUT2D eigenvalue weighted by Gasteiger charge is 2.32. The van der Waals surface area contributed by atoms with Crippen LogP contribution in [0.5, 0.6) is 0 Å². The zero-order chi connectivity index (χ0) is 19.8. The maximum atomic E-state index is 13.2. The van der Waals surface area contributed by atoms with Crippen LogP contribution in [-0.2, 0) is 0 Å². The predicted octanol–water partition coefficient (Wildman–Crippen LogP) is 5.32. The fraction of sp³-hybridized carbons (Fsp3) is 0.480. The average molecular weight is 391 g/mol. The van der Waals surface area contributed by atoms with Gasteiger partial charge in [-0.05, 0) is 81.8 Å². The molecule has 0 saturated carbocycles. The molecule has 1 aromatic heterocycles. The highest BCUT2D eigenvalue weighted by atomic mass is 16.3. The van der Waals surface area contributed by atoms with E-state index in [4.69, 9.17) is 4.42 Å². The molecule has 2 aliphatic rings. The van der Waals surface area contributed by atoms with Crippen molar-refractivity contribution in [1.82, 2.24) is 4.90 Å². The van der Waals surface area contributed by atoms with E-state index in [9.17, 15) is 4.79 Å². The van der Waals surface area contributed by atoms with Crippen LogP contribution in [0.3, 0.4) is 0 Å². The topological polar surface area (TPSA) is 45.5 Å². The minimum atomic E-state index is 0.0594. The van der Waals surface area contributed by atoms with Gasteiger partial charge in [0.25, 0.3) is 0 Å². The van der Waals surface area contributed by atoms with Crippen LogP contribution >= 0.6 is 0 Å². The van der Waals surface area contributed by atoms with Crippen molar-refractivity contribution in [2.75, 3.05) is 25.0 Å². The van der Waals surface area contributed by atoms with Crippen molar-refractivity contribution in [3.8, 4) is 0 Å². The van der Waals surface area contributed by atoms with Gasteiger partial charge >= 0.3 is 0 Å². The highest BCUT2D eigenvalue weighted by molar-refractivity contribution is 5.98. The Balaban J connectivity index is 1.40. The number of aryl methyl sites for hydroxylation is 1. The first-order valence-corrected chi connectivity index (χ1v) is 11.2. The summed E-state index contributed by atoms with van der Waals surface area (Å²) in [7, 11) is 0. The monoisotopic (exact) mass is 390 g/mol. The van der Waals surface area contributed by atoms with Gasteiger partial charge in [-0.3, -0.25) is 4.79 Å². The molecule has 0 unspecified atom stereocenters. The Morgan fingerprint density at radius 3 is 2.86 bits per heavy atom. The molecule has 3 aromatic rings. The van der Waals surface area contributed by atoms with Crippen LogP contribution in [0, 0.1) is 12.8 Å². The molecule has 0 spiro atoms. The van der Waals surface area contributed by atoms with E-state index in [2.05, 4.69) is 10.2 Å². The molecule has 5 rings (SSSR count). The molecule has 4 nitrogen and oxygen atoms in total. The second kappa shape index (κ2) is 7.83. The molecule has 2 aromatic carbocycles. The maximum Gasteiger partial charge on any atom is 0.202 e. The zero-order valence-electron chi connectivity index (χ0n) is 17.2. The lowest BCUT2D eigenvalue weighted by Crippen LogP contribution is -2.48. The van der Waals surface area contributed by atoms with Crippen LogP contribution in [0.2, 0.25) is 0 Å². The minimum absolute atomic E-state index is 0.0594. The number of hydrogen-bond donors (Lipinski definition) is 1. The van der Waals surface area contributed by atoms with E-state index < -0.39 is 0 Å². The highest BCUT2D eigenvalue weighted by Crippen LogP contribution is 2.33. The van der Waals surface area contributed by atoms with Gasteiger partial charge < -0.3 is 14.6 Å². The first-order chi connectivity index (χ1) is 14.2. The van der Waals surface area contributed by atoms with Crippen molar-refractivity contribution in [1.29, 1.82) is 0 Å². The fourth-order valence-corrected chi connectivity index (χ4v) is 5.49. The normalized spacial score (nSPS) is 22.7. The SMILES string of the molecule is Cc1ccc(NCC[C@@H]2CCCN3CCCC[C@H]23)c2c(=O)c3ccccc3oc12. The summed E-state index contributed by atoms with van der Waals surface area (Å²) in [5, 5.41) is 4.92. The van der Waals surface area contributed by atoms with Gasteiger partial charge in [0.15, 0.2) is 0 Å². The minimum Gasteiger partial charge on any atom is -0.455 e. The van der Waals surface area contributed by atoms with E-state index in [-0.39, 0.29) is 5.43 Å². The third-order valence-electron chi connectivity index (χ3n) is 6.98. The van der Waals surface area contributed by atoms with Crippen molar-refractivity contribution >= 4 is 27.6 Å². The van der Waals surface area contributed by atoms with Gasteiger partial charge in [0.05, 0.1) is 10.8 Å². The Kier molecular flexibility index (Phi) is 5.04. The lowest BCUT2D eigenvalue weighted by molar-refractivity contribution is 0.0573. The van der Waals surface area contributed by atoms with Crippen LogP contribution in [-0.4, -0.2) is 30.6 Å². The number of hydrogen-bond acceptors (Lipinski definition) is 4. The van der Waals surface area contributed by atoms with Gasteiger partial charge in [0.1, 0.15) is 11.2 Å². The van der Waals surface area contributed by atoms with E-state index in [0.717, 1.165) is 36.2 Å². The van der Waals surface area contributed by atoms with Gasteiger partial charge in [-0.25, -0.2) is 0 Å². The van der Waals surface area contributed by atoms with Gasteiger partial charge in [-0.1, -0.05) is 24.6 Å². The number of nitrogens with one attached hydrogen (secondary N) is 1. The van der Waals surface area contributed by atoms with Crippen molar-refractivity contribution < 1.29 is 4.42 Å². The van der Waals surface area contributed by atoms with Crippen molar-refractivity contribution in [3.63, 3.8) is 0 Å². The Hall–Kier alpha value is -2.33. The average Bonchev–Trinajstić information content (AvgIpc) is 2.76. The summed E-state index contributed by atoms with van der Waals surface area (Å²) in [4.78, 5) is 15.9. The molecule has 2 aliphatic heterocycles. The van der Waals surface area contributed by atoms with E-state index in [1.54, 1.807) is 0 Å². The molecule has 29 heavy (non-hydrogen) atoms. The number of rotatable bonds is 4. The molecular weight excluding hydrogens is 360 g/mol. The number of fused-ring (bicyclic) bond motifs is 3. The third kappa shape index (κ3) is 3.44. The molecule has 2 fully saturated rings. The molecule has 4 heteroatoms. The van der Waals surface area contributed by atoms with Gasteiger partial charge in [-0.2, -0.15) is 0 Å². The standard InChI is InChI=1S/C25H30N2O2/c1-17-11-12-20(23-24(28)19-8-2-3-10-22(19)29-25(17)23)26-14-13-18-7-6-16-27-15-5-4-9-21(18)27/h2-3,8,10-12,18,21,26H,4-7,9,13-16H2,1H3/t18-,21+/m0/s1. The summed E-state index contributed by atoms with van der Waals surface area (Å²) < 4.78 is 6.12. The van der Waals surface area contributed by atoms with Gasteiger partial charge in [-0.15, -0.1) is 0 Å². The quantitative estimate of drug-likeness (QED) is 0.612. The lowest BCUT2D eigenvalue weighted by atomic mass is 9.81. The summed E-state index contributed by atoms with van der Waals surface area (Å²) in [5.41, 5.74) is 3.32. The maximum absolute atomic E-state index is 13.2. The molecule has 2 saturated heterocycles. The van der Waals surface area contributed by atoms with Gasteiger partial charge in [0, 0.05) is 18.3 Å². The number of benzene rings is 2. The molecule has 152 valence electrons. The largest absolute Gasteiger partial charge is 0.455 e. The van der Waals surface area contributed by atoms with E-state index in [0.29, 0.717) is 21.9 Å². The lowest BCUT2D eigenvalue weighted by Gasteiger charge is -2.44. The van der Waals surface area contributed by atoms with Crippen LogP contribution in [0.4, 0.5) is 5.69 Å². The third-order valence-corrected chi connectivity index (χ3v) is 6.98. The number of nitrogens with zero attached hydrogens (tertiary/aromatic N) is 1. The van der Waals surface area contributed by atoms with Crippen LogP contribution in [0.15, 0.2) is 45.6 Å². The number of anilines is 1. The molecule has 2 atom stereocenters. The zero-order valence-corrected chi connectivity index (χ0v) is 17.2. The van der Waals surface area contributed by atoms with Crippen molar-refractivity contribution in [3.05, 3.63) is 52.2 Å². The summed E-state index contributed by atoms with van der Waals surface area (Å²) in [6.07, 6.45) is 7.92. The molecule has 3 heterocycles. The number of piperidine rings is 2. The van der Waals surface area contributed by atoms with Crippen molar-refractivity contribution in [2.45, 2.75) is 51.5 Å². The first kappa shape index (κ1) is 18.7. The van der Waals surface area contributed by atoms with E-state index >= 15 is 0 Å². The fourth-order valence-electron chi connectivity index (χ4n) is 5.49. The van der Waals surface area contributed by atoms with Gasteiger partial charge in [0.2, 0.25) is 5.43 Å². The van der Waals surface area contributed by atoms with Crippen LogP contribution in [0.1, 0.15) is 44.1 Å². The summed E-state index contributed by atoms with van der Waals surface area (Å²) in [6, 6.07) is 12.4. The van der Waals surface area contributed by atoms with Crippen LogP contribution in [0.25, 0.3) is 21.9 Å². The molecule has 0 aliphatic carbocycles. The Labute approximate surface area is 171 Å². The Morgan fingerprint density at radius 1 is 1.07 bits per heavy atom. The number of para-hydroxylation sites is 1. The Bertz CT molecular complexity index is 1090. The smallest absolute Gasteiger partial charge is 0.202 e. The summed E-state index contributed by atoms with van der Waals surface area (Å²) in [5.74, 6) is 0.769. The van der Waals surface area contributed by atoms with Crippen molar-refractivity contribution in [2.24, 2.45) is 5.92 Å². The summed E-state index contributed by atoms with van der Waals surface area (Å²) in [6.45, 7) is 5.47. The molecule has 0 bridgehead atoms. The summed E-state index contributed by atoms with van der Waals surface area (Å²) >= 11 is 0. The second-order valence-electron chi connectivity index (χ2n) is 8.78. The second-order valence-corrected chi connectivity index (χ2v) is 8.78.